The van der Waals surface area contributed by atoms with E-state index in [-0.39, 0.29) is 22.2 Å². The second-order valence-corrected chi connectivity index (χ2v) is 7.62. The molecule has 1 atom stereocenters. The summed E-state index contributed by atoms with van der Waals surface area (Å²) in [5.74, 6) is -0.226. The molecule has 0 saturated heterocycles. The summed E-state index contributed by atoms with van der Waals surface area (Å²) in [5.41, 5.74) is 6.06. The van der Waals surface area contributed by atoms with Gasteiger partial charge in [-0.25, -0.2) is 12.8 Å². The lowest BCUT2D eigenvalue weighted by atomic mass is 10.1. The third-order valence-corrected chi connectivity index (χ3v) is 5.42. The predicted octanol–water partition coefficient (Wildman–Crippen LogP) is 2.77. The van der Waals surface area contributed by atoms with Crippen molar-refractivity contribution >= 4 is 15.7 Å². The van der Waals surface area contributed by atoms with Crippen molar-refractivity contribution in [3.05, 3.63) is 23.5 Å². The Labute approximate surface area is 120 Å². The van der Waals surface area contributed by atoms with E-state index in [1.165, 1.54) is 24.3 Å². The van der Waals surface area contributed by atoms with Gasteiger partial charge in [-0.3, -0.25) is 0 Å². The second-order valence-electron chi connectivity index (χ2n) is 5.62. The summed E-state index contributed by atoms with van der Waals surface area (Å²) < 4.78 is 39.9. The molecule has 0 aliphatic carbocycles. The number of hydrogen-bond donors (Lipinski definition) is 1. The van der Waals surface area contributed by atoms with E-state index in [9.17, 15) is 12.8 Å². The van der Waals surface area contributed by atoms with Crippen LogP contribution in [-0.4, -0.2) is 25.8 Å². The zero-order chi connectivity index (χ0) is 15.7. The molecule has 1 aromatic rings. The van der Waals surface area contributed by atoms with Crippen molar-refractivity contribution < 1.29 is 12.8 Å². The summed E-state index contributed by atoms with van der Waals surface area (Å²) in [4.78, 5) is -0.101. The van der Waals surface area contributed by atoms with Crippen molar-refractivity contribution in [2.75, 3.05) is 12.8 Å². The molecular weight excluding hydrogens is 279 g/mol. The minimum Gasteiger partial charge on any atom is -0.398 e. The van der Waals surface area contributed by atoms with Crippen molar-refractivity contribution in [2.24, 2.45) is 5.92 Å². The van der Waals surface area contributed by atoms with Gasteiger partial charge in [0.2, 0.25) is 10.0 Å². The number of benzene rings is 1. The number of nitrogens with two attached hydrogens (primary N) is 1. The van der Waals surface area contributed by atoms with Crippen LogP contribution in [0.1, 0.15) is 32.8 Å². The first-order valence-corrected chi connectivity index (χ1v) is 8.05. The molecular formula is C14H23FN2O2S. The monoisotopic (exact) mass is 302 g/mol. The van der Waals surface area contributed by atoms with Crippen molar-refractivity contribution in [2.45, 2.75) is 45.1 Å². The Morgan fingerprint density at radius 2 is 1.85 bits per heavy atom. The fourth-order valence-electron chi connectivity index (χ4n) is 2.06. The van der Waals surface area contributed by atoms with Gasteiger partial charge in [-0.2, -0.15) is 4.31 Å². The number of rotatable bonds is 5. The number of halogens is 1. The van der Waals surface area contributed by atoms with Gasteiger partial charge in [0, 0.05) is 24.3 Å². The Bertz CT molecular complexity index is 562. The van der Waals surface area contributed by atoms with Crippen LogP contribution in [0.25, 0.3) is 0 Å². The number of anilines is 1. The molecule has 0 aliphatic rings. The quantitative estimate of drug-likeness (QED) is 0.851. The molecule has 1 aromatic carbocycles. The highest BCUT2D eigenvalue weighted by Gasteiger charge is 2.27. The fraction of sp³-hybridized carbons (Fsp3) is 0.571. The maximum absolute atomic E-state index is 13.7. The van der Waals surface area contributed by atoms with E-state index in [0.29, 0.717) is 5.92 Å². The minimum absolute atomic E-state index is 0.101. The van der Waals surface area contributed by atoms with E-state index in [1.54, 1.807) is 0 Å². The van der Waals surface area contributed by atoms with Crippen LogP contribution >= 0.6 is 0 Å². The van der Waals surface area contributed by atoms with Gasteiger partial charge in [-0.1, -0.05) is 13.8 Å². The number of nitrogen functional groups attached to an aromatic ring is 1. The number of sulfonamides is 1. The molecule has 0 heterocycles. The molecule has 0 aromatic heterocycles. The van der Waals surface area contributed by atoms with Gasteiger partial charge in [0.05, 0.1) is 4.90 Å². The van der Waals surface area contributed by atoms with Gasteiger partial charge in [-0.15, -0.1) is 0 Å². The van der Waals surface area contributed by atoms with E-state index in [0.717, 1.165) is 12.5 Å². The van der Waals surface area contributed by atoms with E-state index in [4.69, 9.17) is 5.73 Å². The first-order chi connectivity index (χ1) is 9.07. The number of nitrogens with zero attached hydrogens (tertiary/aromatic N) is 1. The lowest BCUT2D eigenvalue weighted by Crippen LogP contribution is -2.36. The first kappa shape index (κ1) is 16.9. The molecule has 0 fully saturated rings. The van der Waals surface area contributed by atoms with Gasteiger partial charge < -0.3 is 5.73 Å². The lowest BCUT2D eigenvalue weighted by molar-refractivity contribution is 0.337. The summed E-state index contributed by atoms with van der Waals surface area (Å²) in [6.07, 6.45) is 0.736. The van der Waals surface area contributed by atoms with Crippen molar-refractivity contribution in [1.29, 1.82) is 0 Å². The summed E-state index contributed by atoms with van der Waals surface area (Å²) in [7, 11) is -2.22. The summed E-state index contributed by atoms with van der Waals surface area (Å²) in [6, 6.07) is 2.18. The molecule has 0 bridgehead atoms. The summed E-state index contributed by atoms with van der Waals surface area (Å²) >= 11 is 0. The highest BCUT2D eigenvalue weighted by Crippen LogP contribution is 2.25. The summed E-state index contributed by atoms with van der Waals surface area (Å²) in [5, 5.41) is 0. The Morgan fingerprint density at radius 1 is 1.30 bits per heavy atom. The van der Waals surface area contributed by atoms with Gasteiger partial charge in [0.1, 0.15) is 5.82 Å². The van der Waals surface area contributed by atoms with E-state index in [1.807, 2.05) is 20.8 Å². The molecule has 1 rings (SSSR count). The van der Waals surface area contributed by atoms with E-state index < -0.39 is 15.8 Å². The van der Waals surface area contributed by atoms with Gasteiger partial charge in [-0.05, 0) is 38.3 Å². The molecule has 4 nitrogen and oxygen atoms in total. The maximum Gasteiger partial charge on any atom is 0.243 e. The minimum atomic E-state index is -3.73. The van der Waals surface area contributed by atoms with Crippen LogP contribution in [0, 0.1) is 18.7 Å². The molecule has 0 amide bonds. The standard InChI is InChI=1S/C14H23FN2O2S/c1-9(2)6-10(3)17(5)20(18,19)12-7-13(15)11(4)14(16)8-12/h7-10H,6,16H2,1-5H3. The number of hydrogen-bond acceptors (Lipinski definition) is 3. The highest BCUT2D eigenvalue weighted by atomic mass is 32.2. The second kappa shape index (κ2) is 6.10. The molecule has 0 spiro atoms. The van der Waals surface area contributed by atoms with Crippen LogP contribution in [-0.2, 0) is 10.0 Å². The average molecular weight is 302 g/mol. The Balaban J connectivity index is 3.17. The zero-order valence-electron chi connectivity index (χ0n) is 12.6. The fourth-order valence-corrected chi connectivity index (χ4v) is 3.48. The summed E-state index contributed by atoms with van der Waals surface area (Å²) in [6.45, 7) is 7.42. The smallest absolute Gasteiger partial charge is 0.243 e. The molecule has 6 heteroatoms. The third kappa shape index (κ3) is 3.49. The van der Waals surface area contributed by atoms with Crippen LogP contribution in [0.3, 0.4) is 0 Å². The predicted molar refractivity (Wildman–Crippen MR) is 79.4 cm³/mol. The van der Waals surface area contributed by atoms with E-state index >= 15 is 0 Å². The van der Waals surface area contributed by atoms with Crippen LogP contribution in [0.15, 0.2) is 17.0 Å². The molecule has 2 N–H and O–H groups in total. The molecule has 1 unspecified atom stereocenters. The molecule has 0 aliphatic heterocycles. The van der Waals surface area contributed by atoms with Crippen molar-refractivity contribution in [3.63, 3.8) is 0 Å². The van der Waals surface area contributed by atoms with Crippen molar-refractivity contribution in [1.82, 2.24) is 4.31 Å². The van der Waals surface area contributed by atoms with Gasteiger partial charge in [0.15, 0.2) is 0 Å². The topological polar surface area (TPSA) is 63.4 Å². The average Bonchev–Trinajstić information content (AvgIpc) is 2.33. The van der Waals surface area contributed by atoms with Crippen LogP contribution < -0.4 is 5.73 Å². The van der Waals surface area contributed by atoms with Gasteiger partial charge >= 0.3 is 0 Å². The third-order valence-electron chi connectivity index (χ3n) is 3.47. The molecule has 0 radical (unpaired) electrons. The van der Waals surface area contributed by atoms with Crippen LogP contribution in [0.2, 0.25) is 0 Å². The van der Waals surface area contributed by atoms with Crippen LogP contribution in [0.4, 0.5) is 10.1 Å². The highest BCUT2D eigenvalue weighted by molar-refractivity contribution is 7.89. The maximum atomic E-state index is 13.7. The Hall–Kier alpha value is -1.14. The SMILES string of the molecule is Cc1c(N)cc(S(=O)(=O)N(C)C(C)CC(C)C)cc1F. The largest absolute Gasteiger partial charge is 0.398 e. The Morgan fingerprint density at radius 3 is 2.30 bits per heavy atom. The van der Waals surface area contributed by atoms with Gasteiger partial charge in [0.25, 0.3) is 0 Å². The Kier molecular flexibility index (Phi) is 5.15. The lowest BCUT2D eigenvalue weighted by Gasteiger charge is -2.26. The molecule has 0 saturated carbocycles. The zero-order valence-corrected chi connectivity index (χ0v) is 13.5. The molecule has 20 heavy (non-hydrogen) atoms. The molecule has 114 valence electrons. The van der Waals surface area contributed by atoms with Crippen molar-refractivity contribution in [3.8, 4) is 0 Å². The van der Waals surface area contributed by atoms with E-state index in [2.05, 4.69) is 0 Å². The van der Waals surface area contributed by atoms with Crippen LogP contribution in [0.5, 0.6) is 0 Å². The normalized spacial score (nSPS) is 14.0. The first-order valence-electron chi connectivity index (χ1n) is 6.61.